The van der Waals surface area contributed by atoms with Gasteiger partial charge in [-0.15, -0.1) is 0 Å². The first kappa shape index (κ1) is 17.2. The van der Waals surface area contributed by atoms with Gasteiger partial charge < -0.3 is 9.64 Å². The molecule has 0 bridgehead atoms. The van der Waals surface area contributed by atoms with Crippen molar-refractivity contribution in [2.75, 3.05) is 32.6 Å². The Morgan fingerprint density at radius 3 is 2.43 bits per heavy atom. The van der Waals surface area contributed by atoms with Crippen LogP contribution in [0.1, 0.15) is 6.42 Å². The zero-order valence-corrected chi connectivity index (χ0v) is 14.2. The lowest BCUT2D eigenvalue weighted by atomic mass is 10.1. The zero-order chi connectivity index (χ0) is 17.0. The fraction of sp³-hybridized carbons (Fsp3) is 0.312. The molecule has 1 N–H and O–H groups in total. The SMILES string of the molecule is COC(=O)CCNS(=O)(=O)c1cccc2c(N(C)C)cccc12. The summed E-state index contributed by atoms with van der Waals surface area (Å²) in [6.07, 6.45) is -0.0105. The van der Waals surface area contributed by atoms with Crippen molar-refractivity contribution >= 4 is 32.5 Å². The van der Waals surface area contributed by atoms with Crippen LogP contribution < -0.4 is 9.62 Å². The predicted molar refractivity (Wildman–Crippen MR) is 90.1 cm³/mol. The van der Waals surface area contributed by atoms with Gasteiger partial charge in [-0.05, 0) is 12.1 Å². The molecule has 0 unspecified atom stereocenters. The summed E-state index contributed by atoms with van der Waals surface area (Å²) in [6.45, 7) is -0.00122. The Labute approximate surface area is 136 Å². The van der Waals surface area contributed by atoms with Gasteiger partial charge in [0.2, 0.25) is 10.0 Å². The molecule has 0 amide bonds. The maximum absolute atomic E-state index is 12.5. The molecule has 0 radical (unpaired) electrons. The molecule has 0 aromatic heterocycles. The van der Waals surface area contributed by atoms with E-state index in [0.29, 0.717) is 5.39 Å². The van der Waals surface area contributed by atoms with Gasteiger partial charge in [0, 0.05) is 37.1 Å². The molecule has 0 aliphatic rings. The third-order valence-electron chi connectivity index (χ3n) is 3.48. The number of nitrogens with zero attached hydrogens (tertiary/aromatic N) is 1. The number of carbonyl (C=O) groups excluding carboxylic acids is 1. The molecule has 0 saturated carbocycles. The van der Waals surface area contributed by atoms with Gasteiger partial charge in [-0.1, -0.05) is 24.3 Å². The van der Waals surface area contributed by atoms with Crippen LogP contribution in [0.15, 0.2) is 41.3 Å². The van der Waals surface area contributed by atoms with E-state index in [0.717, 1.165) is 11.1 Å². The summed E-state index contributed by atoms with van der Waals surface area (Å²) in [4.78, 5) is 13.2. The van der Waals surface area contributed by atoms with Gasteiger partial charge in [-0.3, -0.25) is 4.79 Å². The second-order valence-corrected chi connectivity index (χ2v) is 6.98. The summed E-state index contributed by atoms with van der Waals surface area (Å²) in [7, 11) is 1.37. The van der Waals surface area contributed by atoms with Gasteiger partial charge in [-0.25, -0.2) is 13.1 Å². The van der Waals surface area contributed by atoms with Crippen molar-refractivity contribution in [2.24, 2.45) is 0 Å². The number of rotatable bonds is 6. The van der Waals surface area contributed by atoms with E-state index in [1.807, 2.05) is 37.2 Å². The molecule has 0 aliphatic carbocycles. The van der Waals surface area contributed by atoms with Crippen molar-refractivity contribution in [3.05, 3.63) is 36.4 Å². The molecule has 0 heterocycles. The maximum Gasteiger partial charge on any atom is 0.306 e. The van der Waals surface area contributed by atoms with Crippen LogP contribution in [0, 0.1) is 0 Å². The number of anilines is 1. The molecular formula is C16H20N2O4S. The highest BCUT2D eigenvalue weighted by atomic mass is 32.2. The molecular weight excluding hydrogens is 316 g/mol. The van der Waals surface area contributed by atoms with Gasteiger partial charge in [0.25, 0.3) is 0 Å². The number of hydrogen-bond donors (Lipinski definition) is 1. The van der Waals surface area contributed by atoms with E-state index >= 15 is 0 Å². The molecule has 7 heteroatoms. The molecule has 0 saturated heterocycles. The minimum absolute atomic E-state index is 0.00122. The quantitative estimate of drug-likeness (QED) is 0.813. The highest BCUT2D eigenvalue weighted by Gasteiger charge is 2.18. The number of benzene rings is 2. The average molecular weight is 336 g/mol. The molecule has 0 fully saturated rings. The third kappa shape index (κ3) is 3.80. The van der Waals surface area contributed by atoms with Crippen LogP contribution in [-0.4, -0.2) is 42.1 Å². The maximum atomic E-state index is 12.5. The zero-order valence-electron chi connectivity index (χ0n) is 13.4. The molecule has 23 heavy (non-hydrogen) atoms. The number of methoxy groups -OCH3 is 1. The van der Waals surface area contributed by atoms with E-state index in [9.17, 15) is 13.2 Å². The first-order valence-electron chi connectivity index (χ1n) is 7.12. The van der Waals surface area contributed by atoms with Crippen molar-refractivity contribution in [3.63, 3.8) is 0 Å². The summed E-state index contributed by atoms with van der Waals surface area (Å²) < 4.78 is 32.0. The van der Waals surface area contributed by atoms with Gasteiger partial charge in [0.15, 0.2) is 0 Å². The number of sulfonamides is 1. The Balaban J connectivity index is 2.39. The Kier molecular flexibility index (Phi) is 5.23. The van der Waals surface area contributed by atoms with Crippen molar-refractivity contribution in [2.45, 2.75) is 11.3 Å². The van der Waals surface area contributed by atoms with E-state index in [2.05, 4.69) is 9.46 Å². The second-order valence-electron chi connectivity index (χ2n) is 5.25. The van der Waals surface area contributed by atoms with Crippen molar-refractivity contribution < 1.29 is 17.9 Å². The Hall–Kier alpha value is -2.12. The summed E-state index contributed by atoms with van der Waals surface area (Å²) in [6, 6.07) is 10.7. The van der Waals surface area contributed by atoms with Gasteiger partial charge in [0.05, 0.1) is 18.4 Å². The van der Waals surface area contributed by atoms with Gasteiger partial charge in [0.1, 0.15) is 0 Å². The molecule has 2 aromatic carbocycles. The lowest BCUT2D eigenvalue weighted by molar-refractivity contribution is -0.140. The normalized spacial score (nSPS) is 11.4. The molecule has 2 rings (SSSR count). The molecule has 6 nitrogen and oxygen atoms in total. The van der Waals surface area contributed by atoms with Crippen LogP contribution in [0.4, 0.5) is 5.69 Å². The number of hydrogen-bond acceptors (Lipinski definition) is 5. The fourth-order valence-electron chi connectivity index (χ4n) is 2.36. The smallest absolute Gasteiger partial charge is 0.306 e. The molecule has 0 aliphatic heterocycles. The number of nitrogens with one attached hydrogen (secondary N) is 1. The van der Waals surface area contributed by atoms with Crippen molar-refractivity contribution in [1.29, 1.82) is 0 Å². The Morgan fingerprint density at radius 2 is 1.78 bits per heavy atom. The average Bonchev–Trinajstić information content (AvgIpc) is 2.53. The molecule has 0 atom stereocenters. The van der Waals surface area contributed by atoms with E-state index in [1.165, 1.54) is 7.11 Å². The summed E-state index contributed by atoms with van der Waals surface area (Å²) >= 11 is 0. The number of esters is 1. The first-order valence-corrected chi connectivity index (χ1v) is 8.60. The number of carbonyl (C=O) groups is 1. The largest absolute Gasteiger partial charge is 0.469 e. The van der Waals surface area contributed by atoms with E-state index in [4.69, 9.17) is 0 Å². The van der Waals surface area contributed by atoms with Crippen LogP contribution in [0.3, 0.4) is 0 Å². The van der Waals surface area contributed by atoms with Gasteiger partial charge in [-0.2, -0.15) is 0 Å². The Bertz CT molecular complexity index is 816. The third-order valence-corrected chi connectivity index (χ3v) is 5.00. The van der Waals surface area contributed by atoms with Crippen molar-refractivity contribution in [1.82, 2.24) is 4.72 Å². The predicted octanol–water partition coefficient (Wildman–Crippen LogP) is 1.75. The van der Waals surface area contributed by atoms with E-state index in [1.54, 1.807) is 18.2 Å². The first-order chi connectivity index (χ1) is 10.9. The highest BCUT2D eigenvalue weighted by Crippen LogP contribution is 2.29. The second kappa shape index (κ2) is 6.97. The monoisotopic (exact) mass is 336 g/mol. The van der Waals surface area contributed by atoms with Gasteiger partial charge >= 0.3 is 5.97 Å². The van der Waals surface area contributed by atoms with Crippen LogP contribution >= 0.6 is 0 Å². The Morgan fingerprint density at radius 1 is 1.13 bits per heavy atom. The van der Waals surface area contributed by atoms with Crippen LogP contribution in [0.5, 0.6) is 0 Å². The summed E-state index contributed by atoms with van der Waals surface area (Å²) in [5.41, 5.74) is 0.939. The molecule has 0 spiro atoms. The van der Waals surface area contributed by atoms with E-state index < -0.39 is 16.0 Å². The van der Waals surface area contributed by atoms with E-state index in [-0.39, 0.29) is 17.9 Å². The standard InChI is InChI=1S/C16H20N2O4S/c1-18(2)14-8-4-7-13-12(14)6-5-9-15(13)23(20,21)17-11-10-16(19)22-3/h4-9,17H,10-11H2,1-3H3. The minimum atomic E-state index is -3.71. The summed E-state index contributed by atoms with van der Waals surface area (Å²) in [5, 5.41) is 1.50. The topological polar surface area (TPSA) is 75.7 Å². The summed E-state index contributed by atoms with van der Waals surface area (Å²) in [5.74, 6) is -0.458. The molecule has 2 aromatic rings. The molecule has 124 valence electrons. The lowest BCUT2D eigenvalue weighted by Crippen LogP contribution is -2.26. The van der Waals surface area contributed by atoms with Crippen LogP contribution in [-0.2, 0) is 19.6 Å². The van der Waals surface area contributed by atoms with Crippen LogP contribution in [0.25, 0.3) is 10.8 Å². The van der Waals surface area contributed by atoms with Crippen molar-refractivity contribution in [3.8, 4) is 0 Å². The minimum Gasteiger partial charge on any atom is -0.469 e. The van der Waals surface area contributed by atoms with Crippen LogP contribution in [0.2, 0.25) is 0 Å². The highest BCUT2D eigenvalue weighted by molar-refractivity contribution is 7.89. The fourth-order valence-corrected chi connectivity index (χ4v) is 3.61. The lowest BCUT2D eigenvalue weighted by Gasteiger charge is -2.17. The number of ether oxygens (including phenoxy) is 1. The number of fused-ring (bicyclic) bond motifs is 1.